The number of nitrogens with zero attached hydrogens (tertiary/aromatic N) is 1. The summed E-state index contributed by atoms with van der Waals surface area (Å²) in [7, 11) is -3.30. The molecule has 2 aromatic carbocycles. The molecule has 0 atom stereocenters. The molecule has 1 aliphatic rings. The fourth-order valence-electron chi connectivity index (χ4n) is 3.91. The van der Waals surface area contributed by atoms with E-state index in [4.69, 9.17) is 4.98 Å². The Bertz CT molecular complexity index is 1090. The number of aromatic amines is 1. The summed E-state index contributed by atoms with van der Waals surface area (Å²) < 4.78 is 26.9. The Morgan fingerprint density at radius 2 is 1.66 bits per heavy atom. The first-order valence-corrected chi connectivity index (χ1v) is 11.8. The average molecular weight is 412 g/mol. The summed E-state index contributed by atoms with van der Waals surface area (Å²) >= 11 is 0. The highest BCUT2D eigenvalue weighted by Gasteiger charge is 2.33. The number of hydrogen-bond donors (Lipinski definition) is 2. The van der Waals surface area contributed by atoms with Gasteiger partial charge in [-0.2, -0.15) is 0 Å². The van der Waals surface area contributed by atoms with Crippen LogP contribution in [0.3, 0.4) is 0 Å². The maximum absolute atomic E-state index is 12.4. The predicted molar refractivity (Wildman–Crippen MR) is 118 cm³/mol. The van der Waals surface area contributed by atoms with Gasteiger partial charge in [-0.1, -0.05) is 36.4 Å². The van der Waals surface area contributed by atoms with Crippen molar-refractivity contribution < 1.29 is 8.42 Å². The molecule has 0 unspecified atom stereocenters. The lowest BCUT2D eigenvalue weighted by Crippen LogP contribution is -2.45. The summed E-state index contributed by atoms with van der Waals surface area (Å²) in [5.74, 6) is 1.36. The number of H-pyrrole nitrogens is 1. The van der Waals surface area contributed by atoms with Gasteiger partial charge in [0.15, 0.2) is 0 Å². The first-order valence-electron chi connectivity index (χ1n) is 10.3. The van der Waals surface area contributed by atoms with Gasteiger partial charge in [0.2, 0.25) is 10.0 Å². The summed E-state index contributed by atoms with van der Waals surface area (Å²) in [6, 6.07) is 16.7. The van der Waals surface area contributed by atoms with E-state index in [9.17, 15) is 8.42 Å². The number of nitrogens with one attached hydrogen (secondary N) is 2. The largest absolute Gasteiger partial charge is 0.342 e. The van der Waals surface area contributed by atoms with Gasteiger partial charge >= 0.3 is 0 Å². The lowest BCUT2D eigenvalue weighted by molar-refractivity contribution is 0.364. The van der Waals surface area contributed by atoms with Gasteiger partial charge in [-0.05, 0) is 69.7 Å². The number of hydrogen-bond acceptors (Lipinski definition) is 3. The van der Waals surface area contributed by atoms with Gasteiger partial charge in [0.1, 0.15) is 5.82 Å². The predicted octanol–water partition coefficient (Wildman–Crippen LogP) is 4.97. The van der Waals surface area contributed by atoms with Crippen LogP contribution in [0, 0.1) is 0 Å². The molecule has 29 heavy (non-hydrogen) atoms. The molecule has 2 N–H and O–H groups in total. The average Bonchev–Trinajstić information content (AvgIpc) is 3.11. The molecule has 0 amide bonds. The Morgan fingerprint density at radius 1 is 0.966 bits per heavy atom. The third-order valence-corrected chi connectivity index (χ3v) is 8.11. The van der Waals surface area contributed by atoms with E-state index in [0.717, 1.165) is 48.1 Å². The molecule has 1 aromatic heterocycles. The van der Waals surface area contributed by atoms with Crippen LogP contribution < -0.4 is 4.72 Å². The highest BCUT2D eigenvalue weighted by molar-refractivity contribution is 7.90. The van der Waals surface area contributed by atoms with Crippen LogP contribution >= 0.6 is 0 Å². The van der Waals surface area contributed by atoms with Crippen LogP contribution in [0.25, 0.3) is 22.2 Å². The topological polar surface area (TPSA) is 74.8 Å². The Kier molecular flexibility index (Phi) is 5.25. The minimum absolute atomic E-state index is 0.0181. The van der Waals surface area contributed by atoms with E-state index in [1.807, 2.05) is 18.2 Å². The lowest BCUT2D eigenvalue weighted by Gasteiger charge is -2.30. The van der Waals surface area contributed by atoms with Gasteiger partial charge in [-0.15, -0.1) is 0 Å². The van der Waals surface area contributed by atoms with Crippen LogP contribution in [0.2, 0.25) is 0 Å². The molecular formula is C23H29N3O2S. The quantitative estimate of drug-likeness (QED) is 0.636. The van der Waals surface area contributed by atoms with Crippen LogP contribution in [0.5, 0.6) is 0 Å². The van der Waals surface area contributed by atoms with Crippen molar-refractivity contribution in [1.82, 2.24) is 14.7 Å². The van der Waals surface area contributed by atoms with Gasteiger partial charge in [0.25, 0.3) is 0 Å². The van der Waals surface area contributed by atoms with E-state index in [1.165, 1.54) is 5.56 Å². The normalized spacial score (nSPS) is 20.8. The Morgan fingerprint density at radius 3 is 2.31 bits per heavy atom. The summed E-state index contributed by atoms with van der Waals surface area (Å²) in [4.78, 5) is 8.35. The number of sulfonamides is 1. The number of fused-ring (bicyclic) bond motifs is 1. The molecule has 0 aliphatic heterocycles. The molecule has 1 aliphatic carbocycles. The number of benzene rings is 2. The standard InChI is InChI=1S/C23H29N3O2S/c1-23(2,3)29(27,28)26-19-12-9-17(10-13-19)22-24-20-14-11-18(15-21(20)25-22)16-7-5-4-6-8-16/h4-8,11,14-15,17,19,26H,9-10,12-13H2,1-3H3,(H,24,25). The molecule has 5 nitrogen and oxygen atoms in total. The van der Waals surface area contributed by atoms with Crippen LogP contribution in [0.15, 0.2) is 48.5 Å². The van der Waals surface area contributed by atoms with Crippen molar-refractivity contribution in [3.63, 3.8) is 0 Å². The molecule has 1 saturated carbocycles. The smallest absolute Gasteiger partial charge is 0.216 e. The SMILES string of the molecule is CC(C)(C)S(=O)(=O)NC1CCC(c2nc3cc(-c4ccccc4)ccc3[nH]2)CC1. The molecule has 4 rings (SSSR count). The van der Waals surface area contributed by atoms with Crippen LogP contribution in [-0.4, -0.2) is 29.2 Å². The summed E-state index contributed by atoms with van der Waals surface area (Å²) in [6.07, 6.45) is 3.55. The van der Waals surface area contributed by atoms with Gasteiger partial charge in [-0.25, -0.2) is 18.1 Å². The fourth-order valence-corrected chi connectivity index (χ4v) is 4.94. The first-order chi connectivity index (χ1) is 13.7. The molecule has 154 valence electrons. The highest BCUT2D eigenvalue weighted by Crippen LogP contribution is 2.34. The van der Waals surface area contributed by atoms with Gasteiger partial charge in [0, 0.05) is 12.0 Å². The molecule has 0 bridgehead atoms. The minimum atomic E-state index is -3.30. The molecule has 1 fully saturated rings. The molecule has 0 spiro atoms. The third kappa shape index (κ3) is 4.23. The van der Waals surface area contributed by atoms with E-state index in [0.29, 0.717) is 5.92 Å². The summed E-state index contributed by atoms with van der Waals surface area (Å²) in [6.45, 7) is 5.21. The monoisotopic (exact) mass is 411 g/mol. The van der Waals surface area contributed by atoms with E-state index in [2.05, 4.69) is 40.0 Å². The van der Waals surface area contributed by atoms with Gasteiger partial charge in [-0.3, -0.25) is 0 Å². The maximum atomic E-state index is 12.4. The second kappa shape index (κ2) is 7.58. The van der Waals surface area contributed by atoms with Crippen LogP contribution in [-0.2, 0) is 10.0 Å². The van der Waals surface area contributed by atoms with E-state index in [1.54, 1.807) is 20.8 Å². The van der Waals surface area contributed by atoms with Crippen molar-refractivity contribution in [1.29, 1.82) is 0 Å². The second-order valence-electron chi connectivity index (χ2n) is 9.00. The van der Waals surface area contributed by atoms with Crippen molar-refractivity contribution in [2.75, 3.05) is 0 Å². The van der Waals surface area contributed by atoms with Crippen molar-refractivity contribution >= 4 is 21.1 Å². The fraction of sp³-hybridized carbons (Fsp3) is 0.435. The van der Waals surface area contributed by atoms with Crippen molar-refractivity contribution in [2.45, 2.75) is 63.2 Å². The molecular weight excluding hydrogens is 382 g/mol. The Labute approximate surface area is 173 Å². The zero-order valence-electron chi connectivity index (χ0n) is 17.3. The van der Waals surface area contributed by atoms with E-state index in [-0.39, 0.29) is 6.04 Å². The molecule has 1 heterocycles. The summed E-state index contributed by atoms with van der Waals surface area (Å²) in [5, 5.41) is 0. The van der Waals surface area contributed by atoms with E-state index < -0.39 is 14.8 Å². The lowest BCUT2D eigenvalue weighted by atomic mass is 9.86. The van der Waals surface area contributed by atoms with Gasteiger partial charge in [0.05, 0.1) is 15.8 Å². The van der Waals surface area contributed by atoms with Crippen molar-refractivity contribution in [3.05, 3.63) is 54.4 Å². The number of aromatic nitrogens is 2. The minimum Gasteiger partial charge on any atom is -0.342 e. The maximum Gasteiger partial charge on any atom is 0.216 e. The third-order valence-electron chi connectivity index (χ3n) is 5.85. The molecule has 6 heteroatoms. The van der Waals surface area contributed by atoms with Crippen molar-refractivity contribution in [2.24, 2.45) is 0 Å². The molecule has 3 aromatic rings. The van der Waals surface area contributed by atoms with Crippen LogP contribution in [0.4, 0.5) is 0 Å². The molecule has 0 radical (unpaired) electrons. The zero-order chi connectivity index (χ0) is 20.6. The van der Waals surface area contributed by atoms with Crippen molar-refractivity contribution in [3.8, 4) is 11.1 Å². The number of imidazole rings is 1. The number of rotatable bonds is 4. The van der Waals surface area contributed by atoms with Gasteiger partial charge < -0.3 is 4.98 Å². The first kappa shape index (κ1) is 20.1. The zero-order valence-corrected chi connectivity index (χ0v) is 18.1. The van der Waals surface area contributed by atoms with E-state index >= 15 is 0 Å². The molecule has 0 saturated heterocycles. The van der Waals surface area contributed by atoms with Crippen LogP contribution in [0.1, 0.15) is 58.2 Å². The Hall–Kier alpha value is -2.18. The highest BCUT2D eigenvalue weighted by atomic mass is 32.2. The Balaban J connectivity index is 1.46. The second-order valence-corrected chi connectivity index (χ2v) is 11.5. The summed E-state index contributed by atoms with van der Waals surface area (Å²) in [5.41, 5.74) is 4.38.